The molecule has 1 aliphatic rings. The zero-order valence-corrected chi connectivity index (χ0v) is 18.3. The Morgan fingerprint density at radius 2 is 1.90 bits per heavy atom. The van der Waals surface area contributed by atoms with Gasteiger partial charge >= 0.3 is 13.2 Å². The molecule has 2 aromatic rings. The molecule has 1 fully saturated rings. The fourth-order valence-corrected chi connectivity index (χ4v) is 2.95. The standard InChI is InChI=1S/C21H30BN3O4/c1-19(2,3)27-18(26)23-13-16(22-28-20(4,5)21(6,7)29-22)11-14-8-9-17-15(10-14)12-24-25-17/h8-12H,13H2,1-7H3,(H,23,26)(H,24,25). The highest BCUT2D eigenvalue weighted by Crippen LogP contribution is 2.38. The lowest BCUT2D eigenvalue weighted by atomic mass is 9.77. The van der Waals surface area contributed by atoms with Gasteiger partial charge in [-0.2, -0.15) is 5.10 Å². The van der Waals surface area contributed by atoms with Gasteiger partial charge in [0.1, 0.15) is 5.60 Å². The van der Waals surface area contributed by atoms with E-state index < -0.39 is 30.0 Å². The Kier molecular flexibility index (Phi) is 5.53. The Balaban J connectivity index is 1.86. The Hall–Kier alpha value is -2.32. The summed E-state index contributed by atoms with van der Waals surface area (Å²) in [5.74, 6) is 0. The Labute approximate surface area is 172 Å². The monoisotopic (exact) mass is 399 g/mol. The molecule has 0 aliphatic carbocycles. The minimum Gasteiger partial charge on any atom is -0.444 e. The van der Waals surface area contributed by atoms with Gasteiger partial charge in [0.15, 0.2) is 0 Å². The normalized spacial score (nSPS) is 18.9. The van der Waals surface area contributed by atoms with Crippen LogP contribution < -0.4 is 5.32 Å². The van der Waals surface area contributed by atoms with E-state index in [9.17, 15) is 4.79 Å². The number of aromatic nitrogens is 2. The summed E-state index contributed by atoms with van der Waals surface area (Å²) in [4.78, 5) is 12.2. The predicted octanol–water partition coefficient (Wildman–Crippen LogP) is 4.10. The van der Waals surface area contributed by atoms with E-state index in [1.165, 1.54) is 0 Å². The lowest BCUT2D eigenvalue weighted by Gasteiger charge is -2.32. The molecule has 0 spiro atoms. The van der Waals surface area contributed by atoms with Gasteiger partial charge in [-0.05, 0) is 71.6 Å². The van der Waals surface area contributed by atoms with Crippen LogP contribution in [0.25, 0.3) is 17.0 Å². The Bertz CT molecular complexity index is 911. The number of carbonyl (C=O) groups is 1. The van der Waals surface area contributed by atoms with Crippen LogP contribution in [0, 0.1) is 0 Å². The fourth-order valence-electron chi connectivity index (χ4n) is 2.95. The molecule has 29 heavy (non-hydrogen) atoms. The topological polar surface area (TPSA) is 85.5 Å². The summed E-state index contributed by atoms with van der Waals surface area (Å²) in [6.45, 7) is 13.8. The van der Waals surface area contributed by atoms with E-state index in [2.05, 4.69) is 15.5 Å². The van der Waals surface area contributed by atoms with E-state index in [1.54, 1.807) is 6.20 Å². The number of hydrogen-bond acceptors (Lipinski definition) is 5. The number of nitrogens with zero attached hydrogens (tertiary/aromatic N) is 1. The number of carbonyl (C=O) groups excluding carboxylic acids is 1. The molecule has 0 atom stereocenters. The zero-order chi connectivity index (χ0) is 21.4. The maximum Gasteiger partial charge on any atom is 0.492 e. The lowest BCUT2D eigenvalue weighted by Crippen LogP contribution is -2.41. The van der Waals surface area contributed by atoms with E-state index in [4.69, 9.17) is 14.0 Å². The van der Waals surface area contributed by atoms with Crippen LogP contribution in [0.15, 0.2) is 29.9 Å². The average molecular weight is 399 g/mol. The van der Waals surface area contributed by atoms with E-state index in [-0.39, 0.29) is 6.54 Å². The second kappa shape index (κ2) is 7.50. The number of fused-ring (bicyclic) bond motifs is 1. The maximum absolute atomic E-state index is 12.2. The van der Waals surface area contributed by atoms with E-state index in [1.807, 2.05) is 72.7 Å². The third-order valence-corrected chi connectivity index (χ3v) is 5.21. The van der Waals surface area contributed by atoms with Crippen LogP contribution in [0.1, 0.15) is 54.0 Å². The van der Waals surface area contributed by atoms with Crippen LogP contribution in [0.4, 0.5) is 4.79 Å². The Morgan fingerprint density at radius 3 is 2.52 bits per heavy atom. The smallest absolute Gasteiger partial charge is 0.444 e. The number of benzene rings is 1. The summed E-state index contributed by atoms with van der Waals surface area (Å²) in [6.07, 6.45) is 3.27. The lowest BCUT2D eigenvalue weighted by molar-refractivity contribution is 0.00578. The van der Waals surface area contributed by atoms with Gasteiger partial charge in [-0.3, -0.25) is 5.10 Å². The SMILES string of the molecule is CC(C)(C)OC(=O)NCC(=Cc1ccc2[nH]ncc2c1)B1OC(C)(C)C(C)(C)O1. The summed E-state index contributed by atoms with van der Waals surface area (Å²) in [7, 11) is -0.574. The highest BCUT2D eigenvalue weighted by atomic mass is 16.7. The molecule has 1 aromatic carbocycles. The van der Waals surface area contributed by atoms with Crippen molar-refractivity contribution in [2.24, 2.45) is 0 Å². The molecule has 0 radical (unpaired) electrons. The van der Waals surface area contributed by atoms with Gasteiger partial charge in [0, 0.05) is 11.9 Å². The number of rotatable bonds is 4. The molecule has 8 heteroatoms. The summed E-state index contributed by atoms with van der Waals surface area (Å²) in [6, 6.07) is 5.98. The number of nitrogens with one attached hydrogen (secondary N) is 2. The van der Waals surface area contributed by atoms with Gasteiger partial charge in [-0.25, -0.2) is 4.79 Å². The summed E-state index contributed by atoms with van der Waals surface area (Å²) in [5, 5.41) is 10.8. The first-order valence-electron chi connectivity index (χ1n) is 9.82. The van der Waals surface area contributed by atoms with Crippen molar-refractivity contribution in [3.05, 3.63) is 35.4 Å². The van der Waals surface area contributed by atoms with Gasteiger partial charge in [-0.1, -0.05) is 12.1 Å². The molecular weight excluding hydrogens is 369 g/mol. The summed E-state index contributed by atoms with van der Waals surface area (Å²) >= 11 is 0. The largest absolute Gasteiger partial charge is 0.492 e. The van der Waals surface area contributed by atoms with Crippen LogP contribution in [0.5, 0.6) is 0 Å². The molecule has 1 aromatic heterocycles. The third kappa shape index (κ3) is 5.00. The second-order valence-corrected chi connectivity index (χ2v) is 9.38. The number of aromatic amines is 1. The van der Waals surface area contributed by atoms with E-state index >= 15 is 0 Å². The molecule has 1 aliphatic heterocycles. The minimum absolute atomic E-state index is 0.245. The number of H-pyrrole nitrogens is 1. The number of ether oxygens (including phenoxy) is 1. The van der Waals surface area contributed by atoms with Crippen molar-refractivity contribution in [1.82, 2.24) is 15.5 Å². The van der Waals surface area contributed by atoms with Crippen molar-refractivity contribution in [1.29, 1.82) is 0 Å². The molecule has 7 nitrogen and oxygen atoms in total. The van der Waals surface area contributed by atoms with Crippen molar-refractivity contribution >= 4 is 30.2 Å². The average Bonchev–Trinajstić information content (AvgIpc) is 3.11. The van der Waals surface area contributed by atoms with Crippen molar-refractivity contribution in [2.45, 2.75) is 65.3 Å². The first-order valence-corrected chi connectivity index (χ1v) is 9.82. The van der Waals surface area contributed by atoms with Crippen molar-refractivity contribution in [3.63, 3.8) is 0 Å². The number of alkyl carbamates (subject to hydrolysis) is 1. The molecule has 2 N–H and O–H groups in total. The van der Waals surface area contributed by atoms with Crippen LogP contribution in [-0.2, 0) is 14.0 Å². The fraction of sp³-hybridized carbons (Fsp3) is 0.524. The zero-order valence-electron chi connectivity index (χ0n) is 18.3. The molecule has 0 saturated carbocycles. The molecule has 156 valence electrons. The minimum atomic E-state index is -0.574. The number of amides is 1. The number of hydrogen-bond donors (Lipinski definition) is 2. The first kappa shape index (κ1) is 21.4. The molecule has 1 saturated heterocycles. The van der Waals surface area contributed by atoms with Crippen molar-refractivity contribution in [2.75, 3.05) is 6.54 Å². The molecular formula is C21H30BN3O4. The first-order chi connectivity index (χ1) is 13.4. The summed E-state index contributed by atoms with van der Waals surface area (Å²) < 4.78 is 17.8. The molecule has 0 bridgehead atoms. The molecule has 3 rings (SSSR count). The quantitative estimate of drug-likeness (QED) is 0.756. The van der Waals surface area contributed by atoms with Crippen molar-refractivity contribution in [3.8, 4) is 0 Å². The molecule has 2 heterocycles. The van der Waals surface area contributed by atoms with Crippen LogP contribution in [-0.4, -0.2) is 46.8 Å². The van der Waals surface area contributed by atoms with Gasteiger partial charge in [0.2, 0.25) is 0 Å². The van der Waals surface area contributed by atoms with Gasteiger partial charge in [0.05, 0.1) is 22.9 Å². The third-order valence-electron chi connectivity index (χ3n) is 5.21. The Morgan fingerprint density at radius 1 is 1.24 bits per heavy atom. The second-order valence-electron chi connectivity index (χ2n) is 9.38. The van der Waals surface area contributed by atoms with Gasteiger partial charge in [0.25, 0.3) is 0 Å². The molecule has 0 unspecified atom stereocenters. The van der Waals surface area contributed by atoms with Crippen LogP contribution in [0.2, 0.25) is 0 Å². The van der Waals surface area contributed by atoms with Gasteiger partial charge in [-0.15, -0.1) is 0 Å². The van der Waals surface area contributed by atoms with E-state index in [0.717, 1.165) is 21.9 Å². The highest BCUT2D eigenvalue weighted by Gasteiger charge is 2.52. The summed E-state index contributed by atoms with van der Waals surface area (Å²) in [5.41, 5.74) is 1.22. The van der Waals surface area contributed by atoms with E-state index in [0.29, 0.717) is 0 Å². The van der Waals surface area contributed by atoms with Crippen molar-refractivity contribution < 1.29 is 18.8 Å². The highest BCUT2D eigenvalue weighted by molar-refractivity contribution is 6.56. The van der Waals surface area contributed by atoms with Gasteiger partial charge < -0.3 is 19.4 Å². The maximum atomic E-state index is 12.2. The predicted molar refractivity (Wildman–Crippen MR) is 114 cm³/mol. The molecule has 1 amide bonds. The van der Waals surface area contributed by atoms with Crippen LogP contribution in [0.3, 0.4) is 0 Å². The van der Waals surface area contributed by atoms with Crippen LogP contribution >= 0.6 is 0 Å².